The third-order valence-corrected chi connectivity index (χ3v) is 1.55. The van der Waals surface area contributed by atoms with Gasteiger partial charge in [-0.05, 0) is 37.4 Å². The molecule has 0 heterocycles. The first-order valence-corrected chi connectivity index (χ1v) is 3.95. The van der Waals surface area contributed by atoms with E-state index in [1.807, 2.05) is 13.0 Å². The van der Waals surface area contributed by atoms with Gasteiger partial charge in [0.25, 0.3) is 0 Å². The monoisotopic (exact) mass is 177 g/mol. The first-order chi connectivity index (χ1) is 6.24. The molecule has 3 heteroatoms. The molecule has 68 valence electrons. The summed E-state index contributed by atoms with van der Waals surface area (Å²) in [5, 5.41) is 11.6. The number of carbonyl (C=O) groups is 1. The molecule has 2 N–H and O–H groups in total. The van der Waals surface area contributed by atoms with E-state index < -0.39 is 5.97 Å². The Hall–Kier alpha value is -1.77. The first-order valence-electron chi connectivity index (χ1n) is 3.95. The fraction of sp³-hybridized carbons (Fsp3) is 0.100. The van der Waals surface area contributed by atoms with Crippen LogP contribution in [0, 0.1) is 0 Å². The number of benzene rings is 1. The number of aromatic carboxylic acids is 1. The van der Waals surface area contributed by atoms with Gasteiger partial charge in [0.2, 0.25) is 0 Å². The van der Waals surface area contributed by atoms with Crippen molar-refractivity contribution in [3.8, 4) is 0 Å². The zero-order valence-corrected chi connectivity index (χ0v) is 7.32. The second-order valence-corrected chi connectivity index (χ2v) is 2.53. The van der Waals surface area contributed by atoms with Gasteiger partial charge < -0.3 is 10.4 Å². The van der Waals surface area contributed by atoms with Gasteiger partial charge in [0.05, 0.1) is 5.56 Å². The molecule has 0 saturated carbocycles. The number of anilines is 1. The molecular weight excluding hydrogens is 166 g/mol. The molecular formula is C10H11NO2. The maximum Gasteiger partial charge on any atom is 0.335 e. The summed E-state index contributed by atoms with van der Waals surface area (Å²) < 4.78 is 0. The second kappa shape index (κ2) is 4.30. The van der Waals surface area contributed by atoms with Crippen LogP contribution in [0.25, 0.3) is 0 Å². The number of rotatable bonds is 3. The molecule has 13 heavy (non-hydrogen) atoms. The molecule has 0 aliphatic rings. The van der Waals surface area contributed by atoms with Crippen LogP contribution < -0.4 is 5.32 Å². The Balaban J connectivity index is 2.75. The van der Waals surface area contributed by atoms with Gasteiger partial charge in [-0.3, -0.25) is 0 Å². The van der Waals surface area contributed by atoms with Crippen molar-refractivity contribution in [3.63, 3.8) is 0 Å². The summed E-state index contributed by atoms with van der Waals surface area (Å²) in [5.74, 6) is -0.905. The van der Waals surface area contributed by atoms with Gasteiger partial charge in [-0.1, -0.05) is 6.08 Å². The number of hydrogen-bond acceptors (Lipinski definition) is 2. The molecule has 0 atom stereocenters. The highest BCUT2D eigenvalue weighted by Crippen LogP contribution is 2.09. The predicted octanol–water partition coefficient (Wildman–Crippen LogP) is 2.33. The van der Waals surface area contributed by atoms with E-state index in [0.717, 1.165) is 5.69 Å². The van der Waals surface area contributed by atoms with Crippen molar-refractivity contribution in [2.24, 2.45) is 0 Å². The summed E-state index contributed by atoms with van der Waals surface area (Å²) in [4.78, 5) is 10.5. The van der Waals surface area contributed by atoms with Crippen molar-refractivity contribution in [1.29, 1.82) is 0 Å². The first kappa shape index (κ1) is 9.32. The normalized spacial score (nSPS) is 10.2. The van der Waals surface area contributed by atoms with Gasteiger partial charge >= 0.3 is 5.97 Å². The molecule has 0 fully saturated rings. The largest absolute Gasteiger partial charge is 0.478 e. The zero-order valence-electron chi connectivity index (χ0n) is 7.32. The van der Waals surface area contributed by atoms with Crippen LogP contribution in [0.4, 0.5) is 5.69 Å². The van der Waals surface area contributed by atoms with Crippen molar-refractivity contribution in [3.05, 3.63) is 42.1 Å². The summed E-state index contributed by atoms with van der Waals surface area (Å²) >= 11 is 0. The Morgan fingerprint density at radius 2 is 2.00 bits per heavy atom. The summed E-state index contributed by atoms with van der Waals surface area (Å²) in [5.41, 5.74) is 1.18. The highest BCUT2D eigenvalue weighted by molar-refractivity contribution is 5.88. The maximum absolute atomic E-state index is 10.5. The van der Waals surface area contributed by atoms with E-state index >= 15 is 0 Å². The van der Waals surface area contributed by atoms with Crippen molar-refractivity contribution < 1.29 is 9.90 Å². The van der Waals surface area contributed by atoms with Crippen LogP contribution >= 0.6 is 0 Å². The lowest BCUT2D eigenvalue weighted by Gasteiger charge is -2.00. The Kier molecular flexibility index (Phi) is 3.09. The van der Waals surface area contributed by atoms with E-state index in [9.17, 15) is 4.79 Å². The fourth-order valence-corrected chi connectivity index (χ4v) is 0.889. The summed E-state index contributed by atoms with van der Waals surface area (Å²) in [6, 6.07) is 6.58. The van der Waals surface area contributed by atoms with Crippen molar-refractivity contribution >= 4 is 11.7 Å². The Labute approximate surface area is 76.7 Å². The van der Waals surface area contributed by atoms with Gasteiger partial charge in [0, 0.05) is 5.69 Å². The van der Waals surface area contributed by atoms with Gasteiger partial charge in [-0.2, -0.15) is 0 Å². The second-order valence-electron chi connectivity index (χ2n) is 2.53. The van der Waals surface area contributed by atoms with E-state index in [2.05, 4.69) is 5.32 Å². The van der Waals surface area contributed by atoms with Crippen LogP contribution in [0.3, 0.4) is 0 Å². The van der Waals surface area contributed by atoms with E-state index in [4.69, 9.17) is 5.11 Å². The lowest BCUT2D eigenvalue weighted by molar-refractivity contribution is 0.0697. The van der Waals surface area contributed by atoms with Gasteiger partial charge in [-0.25, -0.2) is 4.79 Å². The summed E-state index contributed by atoms with van der Waals surface area (Å²) in [6.07, 6.45) is 3.65. The Morgan fingerprint density at radius 1 is 1.38 bits per heavy atom. The van der Waals surface area contributed by atoms with Crippen LogP contribution in [0.15, 0.2) is 36.5 Å². The van der Waals surface area contributed by atoms with Gasteiger partial charge in [0.1, 0.15) is 0 Å². The third kappa shape index (κ3) is 2.63. The quantitative estimate of drug-likeness (QED) is 0.744. The minimum Gasteiger partial charge on any atom is -0.478 e. The highest BCUT2D eigenvalue weighted by Gasteiger charge is 1.99. The molecule has 0 radical (unpaired) electrons. The number of carboxylic acids is 1. The molecule has 0 aromatic heterocycles. The average molecular weight is 177 g/mol. The molecule has 0 bridgehead atoms. The number of nitrogens with one attached hydrogen (secondary N) is 1. The van der Waals surface area contributed by atoms with Crippen LogP contribution in [-0.4, -0.2) is 11.1 Å². The molecule has 1 aromatic rings. The minimum absolute atomic E-state index is 0.297. The lowest BCUT2D eigenvalue weighted by Crippen LogP contribution is -1.95. The van der Waals surface area contributed by atoms with Gasteiger partial charge in [0.15, 0.2) is 0 Å². The molecule has 1 aromatic carbocycles. The zero-order chi connectivity index (χ0) is 9.68. The van der Waals surface area contributed by atoms with Crippen LogP contribution in [0.2, 0.25) is 0 Å². The Morgan fingerprint density at radius 3 is 2.46 bits per heavy atom. The standard InChI is InChI=1S/C10H11NO2/c1-2-7-11-9-5-3-8(4-6-9)10(12)13/h2-7,11H,1H3,(H,12,13)/b7-2+. The van der Waals surface area contributed by atoms with Crippen LogP contribution in [0.1, 0.15) is 17.3 Å². The predicted molar refractivity (Wildman–Crippen MR) is 51.8 cm³/mol. The van der Waals surface area contributed by atoms with Gasteiger partial charge in [-0.15, -0.1) is 0 Å². The number of allylic oxidation sites excluding steroid dienone is 1. The topological polar surface area (TPSA) is 49.3 Å². The smallest absolute Gasteiger partial charge is 0.335 e. The minimum atomic E-state index is -0.905. The van der Waals surface area contributed by atoms with E-state index in [0.29, 0.717) is 5.56 Å². The van der Waals surface area contributed by atoms with Crippen molar-refractivity contribution in [2.75, 3.05) is 5.32 Å². The SMILES string of the molecule is C/C=C/Nc1ccc(C(=O)O)cc1. The number of hydrogen-bond donors (Lipinski definition) is 2. The summed E-state index contributed by atoms with van der Waals surface area (Å²) in [7, 11) is 0. The van der Waals surface area contributed by atoms with E-state index in [1.165, 1.54) is 0 Å². The van der Waals surface area contributed by atoms with Crippen LogP contribution in [-0.2, 0) is 0 Å². The molecule has 0 unspecified atom stereocenters. The summed E-state index contributed by atoms with van der Waals surface area (Å²) in [6.45, 7) is 1.90. The van der Waals surface area contributed by atoms with Crippen molar-refractivity contribution in [2.45, 2.75) is 6.92 Å². The lowest BCUT2D eigenvalue weighted by atomic mass is 10.2. The van der Waals surface area contributed by atoms with Crippen molar-refractivity contribution in [1.82, 2.24) is 0 Å². The van der Waals surface area contributed by atoms with E-state index in [1.54, 1.807) is 30.5 Å². The number of carboxylic acid groups (broad SMARTS) is 1. The molecule has 0 saturated heterocycles. The molecule has 3 nitrogen and oxygen atoms in total. The maximum atomic E-state index is 10.5. The van der Waals surface area contributed by atoms with Crippen LogP contribution in [0.5, 0.6) is 0 Å². The fourth-order valence-electron chi connectivity index (χ4n) is 0.889. The molecule has 0 amide bonds. The highest BCUT2D eigenvalue weighted by atomic mass is 16.4. The third-order valence-electron chi connectivity index (χ3n) is 1.55. The average Bonchev–Trinajstić information content (AvgIpc) is 2.15. The molecule has 0 spiro atoms. The molecule has 0 aliphatic carbocycles. The van der Waals surface area contributed by atoms with E-state index in [-0.39, 0.29) is 0 Å². The Bertz CT molecular complexity index is 314. The molecule has 0 aliphatic heterocycles. The molecule has 1 rings (SSSR count).